The molecule has 0 spiro atoms. The van der Waals surface area contributed by atoms with Gasteiger partial charge in [-0.15, -0.1) is 0 Å². The lowest BCUT2D eigenvalue weighted by Crippen LogP contribution is -2.53. The normalized spacial score (nSPS) is 15.0. The van der Waals surface area contributed by atoms with Gasteiger partial charge in [0.25, 0.3) is 0 Å². The van der Waals surface area contributed by atoms with Crippen molar-refractivity contribution in [3.63, 3.8) is 0 Å². The molecule has 0 aliphatic carbocycles. The minimum Gasteiger partial charge on any atom is -0.480 e. The number of carboxylic acid groups (broad SMARTS) is 1. The van der Waals surface area contributed by atoms with Crippen LogP contribution in [0.2, 0.25) is 0 Å². The first-order chi connectivity index (χ1) is 9.65. The van der Waals surface area contributed by atoms with Gasteiger partial charge >= 0.3 is 5.97 Å². The van der Waals surface area contributed by atoms with Crippen LogP contribution in [0.5, 0.6) is 0 Å². The van der Waals surface area contributed by atoms with Crippen LogP contribution in [0.3, 0.4) is 0 Å². The van der Waals surface area contributed by atoms with Crippen LogP contribution in [-0.4, -0.2) is 34.6 Å². The second-order valence-electron chi connectivity index (χ2n) is 6.87. The van der Waals surface area contributed by atoms with E-state index < -0.39 is 11.5 Å². The Morgan fingerprint density at radius 2 is 1.52 bits per heavy atom. The molecule has 1 aromatic rings. The van der Waals surface area contributed by atoms with Gasteiger partial charge in [0.1, 0.15) is 5.54 Å². The second-order valence-corrected chi connectivity index (χ2v) is 6.87. The van der Waals surface area contributed by atoms with Gasteiger partial charge in [-0.05, 0) is 36.6 Å². The van der Waals surface area contributed by atoms with Crippen LogP contribution in [0.15, 0.2) is 24.3 Å². The van der Waals surface area contributed by atoms with E-state index in [4.69, 9.17) is 0 Å². The highest BCUT2D eigenvalue weighted by molar-refractivity contribution is 5.78. The van der Waals surface area contributed by atoms with Gasteiger partial charge in [-0.25, -0.2) is 0 Å². The van der Waals surface area contributed by atoms with Gasteiger partial charge in [-0.2, -0.15) is 0 Å². The van der Waals surface area contributed by atoms with E-state index in [0.717, 1.165) is 18.7 Å². The van der Waals surface area contributed by atoms with Crippen molar-refractivity contribution in [1.82, 2.24) is 4.90 Å². The lowest BCUT2D eigenvalue weighted by atomic mass is 9.85. The maximum atomic E-state index is 11.8. The number of hydrogen-bond donors (Lipinski definition) is 1. The summed E-state index contributed by atoms with van der Waals surface area (Å²) in [7, 11) is 0. The van der Waals surface area contributed by atoms with Crippen LogP contribution in [-0.2, 0) is 16.6 Å². The van der Waals surface area contributed by atoms with Gasteiger partial charge in [0.2, 0.25) is 0 Å². The molecule has 1 atom stereocenters. The molecule has 1 N–H and O–H groups in total. The van der Waals surface area contributed by atoms with Crippen LogP contribution in [0, 0.1) is 0 Å². The van der Waals surface area contributed by atoms with Gasteiger partial charge < -0.3 is 5.11 Å². The first kappa shape index (κ1) is 17.7. The molecule has 0 amide bonds. The SMILES string of the molecule is CCN(CC)C(C)(Cc1ccc(C(C)(C)C)cc1)C(=O)O. The molecule has 0 aliphatic rings. The molecule has 1 unspecified atom stereocenters. The van der Waals surface area contributed by atoms with Gasteiger partial charge in [-0.3, -0.25) is 9.69 Å². The maximum Gasteiger partial charge on any atom is 0.324 e. The van der Waals surface area contributed by atoms with Gasteiger partial charge in [-0.1, -0.05) is 58.9 Å². The summed E-state index contributed by atoms with van der Waals surface area (Å²) < 4.78 is 0. The second kappa shape index (κ2) is 6.61. The summed E-state index contributed by atoms with van der Waals surface area (Å²) in [5, 5.41) is 9.67. The van der Waals surface area contributed by atoms with Crippen LogP contribution in [0.1, 0.15) is 52.7 Å². The molecule has 21 heavy (non-hydrogen) atoms. The molecule has 0 heterocycles. The first-order valence-electron chi connectivity index (χ1n) is 7.73. The van der Waals surface area contributed by atoms with Crippen molar-refractivity contribution in [2.75, 3.05) is 13.1 Å². The zero-order valence-electron chi connectivity index (χ0n) is 14.2. The smallest absolute Gasteiger partial charge is 0.324 e. The van der Waals surface area contributed by atoms with Gasteiger partial charge in [0.15, 0.2) is 0 Å². The Kier molecular flexibility index (Phi) is 5.57. The van der Waals surface area contributed by atoms with E-state index in [1.807, 2.05) is 25.7 Å². The van der Waals surface area contributed by atoms with E-state index in [1.54, 1.807) is 0 Å². The van der Waals surface area contributed by atoms with Crippen molar-refractivity contribution in [3.05, 3.63) is 35.4 Å². The lowest BCUT2D eigenvalue weighted by molar-refractivity contribution is -0.150. The number of rotatable bonds is 6. The Morgan fingerprint density at radius 3 is 1.86 bits per heavy atom. The number of carboxylic acids is 1. The van der Waals surface area contributed by atoms with Crippen LogP contribution >= 0.6 is 0 Å². The van der Waals surface area contributed by atoms with Crippen molar-refractivity contribution in [2.45, 2.75) is 58.9 Å². The number of hydrogen-bond acceptors (Lipinski definition) is 2. The van der Waals surface area contributed by atoms with Crippen molar-refractivity contribution < 1.29 is 9.90 Å². The fourth-order valence-corrected chi connectivity index (χ4v) is 2.76. The molecule has 0 bridgehead atoms. The summed E-state index contributed by atoms with van der Waals surface area (Å²) in [6.45, 7) is 13.8. The van der Waals surface area contributed by atoms with Crippen molar-refractivity contribution >= 4 is 5.97 Å². The standard InChI is InChI=1S/C18H29NO2/c1-7-19(8-2)18(6,16(20)21)13-14-9-11-15(12-10-14)17(3,4)5/h9-12H,7-8,13H2,1-6H3,(H,20,21). The van der Waals surface area contributed by atoms with E-state index >= 15 is 0 Å². The molecule has 0 aliphatic heterocycles. The van der Waals surface area contributed by atoms with Crippen molar-refractivity contribution in [3.8, 4) is 0 Å². The molecule has 3 nitrogen and oxygen atoms in total. The molecule has 0 saturated heterocycles. The minimum atomic E-state index is -0.854. The first-order valence-corrected chi connectivity index (χ1v) is 7.73. The predicted molar refractivity (Wildman–Crippen MR) is 87.8 cm³/mol. The molecule has 0 fully saturated rings. The number of benzene rings is 1. The monoisotopic (exact) mass is 291 g/mol. The quantitative estimate of drug-likeness (QED) is 0.868. The molecule has 1 rings (SSSR count). The molecule has 118 valence electrons. The fraction of sp³-hybridized carbons (Fsp3) is 0.611. The molecule has 0 aromatic heterocycles. The summed E-state index contributed by atoms with van der Waals surface area (Å²) in [4.78, 5) is 13.8. The summed E-state index contributed by atoms with van der Waals surface area (Å²) in [5.41, 5.74) is 1.60. The molecule has 0 radical (unpaired) electrons. The van der Waals surface area contributed by atoms with Crippen LogP contribution in [0.25, 0.3) is 0 Å². The number of aliphatic carboxylic acids is 1. The lowest BCUT2D eigenvalue weighted by Gasteiger charge is -2.36. The number of carbonyl (C=O) groups is 1. The minimum absolute atomic E-state index is 0.119. The zero-order chi connectivity index (χ0) is 16.3. The topological polar surface area (TPSA) is 40.5 Å². The molecular formula is C18H29NO2. The fourth-order valence-electron chi connectivity index (χ4n) is 2.76. The van der Waals surface area contributed by atoms with E-state index in [-0.39, 0.29) is 5.41 Å². The summed E-state index contributed by atoms with van der Waals surface area (Å²) >= 11 is 0. The van der Waals surface area contributed by atoms with E-state index in [2.05, 4.69) is 45.0 Å². The molecule has 0 saturated carbocycles. The summed E-state index contributed by atoms with van der Waals surface area (Å²) in [6, 6.07) is 8.34. The Bertz CT molecular complexity index is 469. The Hall–Kier alpha value is -1.35. The number of nitrogens with zero attached hydrogens (tertiary/aromatic N) is 1. The molecular weight excluding hydrogens is 262 g/mol. The average Bonchev–Trinajstić information content (AvgIpc) is 2.39. The molecule has 1 aromatic carbocycles. The average molecular weight is 291 g/mol. The summed E-state index contributed by atoms with van der Waals surface area (Å²) in [5.74, 6) is -0.758. The Labute approximate surface area is 129 Å². The largest absolute Gasteiger partial charge is 0.480 e. The highest BCUT2D eigenvalue weighted by Crippen LogP contribution is 2.25. The van der Waals surface area contributed by atoms with E-state index in [0.29, 0.717) is 6.42 Å². The third-order valence-electron chi connectivity index (χ3n) is 4.29. The van der Waals surface area contributed by atoms with E-state index in [9.17, 15) is 9.90 Å². The van der Waals surface area contributed by atoms with Gasteiger partial charge in [0, 0.05) is 6.42 Å². The third kappa shape index (κ3) is 4.07. The van der Waals surface area contributed by atoms with Crippen LogP contribution < -0.4 is 0 Å². The predicted octanol–water partition coefficient (Wildman–Crippen LogP) is 3.71. The van der Waals surface area contributed by atoms with Crippen LogP contribution in [0.4, 0.5) is 0 Å². The Balaban J connectivity index is 3.03. The Morgan fingerprint density at radius 1 is 1.05 bits per heavy atom. The number of likely N-dealkylation sites (N-methyl/N-ethyl adjacent to an activating group) is 1. The third-order valence-corrected chi connectivity index (χ3v) is 4.29. The van der Waals surface area contributed by atoms with E-state index in [1.165, 1.54) is 5.56 Å². The highest BCUT2D eigenvalue weighted by Gasteiger charge is 2.38. The molecule has 3 heteroatoms. The van der Waals surface area contributed by atoms with Crippen molar-refractivity contribution in [1.29, 1.82) is 0 Å². The zero-order valence-corrected chi connectivity index (χ0v) is 14.2. The summed E-state index contributed by atoms with van der Waals surface area (Å²) in [6.07, 6.45) is 0.522. The maximum absolute atomic E-state index is 11.8. The van der Waals surface area contributed by atoms with Crippen molar-refractivity contribution in [2.24, 2.45) is 0 Å². The highest BCUT2D eigenvalue weighted by atomic mass is 16.4. The van der Waals surface area contributed by atoms with Gasteiger partial charge in [0.05, 0.1) is 0 Å².